The number of thioether (sulfide) groups is 1. The van der Waals surface area contributed by atoms with Gasteiger partial charge in [0.1, 0.15) is 5.03 Å². The number of carbonyl (C=O) groups excluding carboxylic acids is 2. The summed E-state index contributed by atoms with van der Waals surface area (Å²) in [5.74, 6) is 0.338. The van der Waals surface area contributed by atoms with Crippen LogP contribution in [-0.4, -0.2) is 32.9 Å². The topological polar surface area (TPSA) is 110 Å². The number of anilines is 2. The molecule has 3 aromatic rings. The van der Waals surface area contributed by atoms with Crippen molar-refractivity contribution in [2.24, 2.45) is 0 Å². The van der Waals surface area contributed by atoms with Crippen LogP contribution in [0.5, 0.6) is 0 Å². The van der Waals surface area contributed by atoms with Gasteiger partial charge in [-0.05, 0) is 30.5 Å². The van der Waals surface area contributed by atoms with Crippen LogP contribution in [0.25, 0.3) is 0 Å². The van der Waals surface area contributed by atoms with Crippen molar-refractivity contribution in [2.75, 3.05) is 16.4 Å². The van der Waals surface area contributed by atoms with Crippen LogP contribution in [0.1, 0.15) is 15.4 Å². The number of nitrogens with one attached hydrogen (secondary N) is 2. The number of hydrogen-bond donors (Lipinski definition) is 2. The third-order valence-corrected chi connectivity index (χ3v) is 4.66. The predicted molar refractivity (Wildman–Crippen MR) is 94.9 cm³/mol. The van der Waals surface area contributed by atoms with Gasteiger partial charge in [-0.1, -0.05) is 23.0 Å². The minimum absolute atomic E-state index is 0.148. The van der Waals surface area contributed by atoms with Crippen molar-refractivity contribution in [1.82, 2.24) is 15.4 Å². The van der Waals surface area contributed by atoms with Crippen molar-refractivity contribution < 1.29 is 14.1 Å². The van der Waals surface area contributed by atoms with E-state index in [9.17, 15) is 9.59 Å². The highest BCUT2D eigenvalue weighted by Gasteiger charge is 2.10. The number of amides is 2. The van der Waals surface area contributed by atoms with Gasteiger partial charge in [0.15, 0.2) is 5.82 Å². The van der Waals surface area contributed by atoms with Crippen molar-refractivity contribution >= 4 is 46.6 Å². The lowest BCUT2D eigenvalue weighted by atomic mass is 10.4. The Hall–Kier alpha value is -2.72. The minimum atomic E-state index is -0.238. The van der Waals surface area contributed by atoms with E-state index in [0.717, 1.165) is 0 Å². The lowest BCUT2D eigenvalue weighted by molar-refractivity contribution is -0.113. The summed E-state index contributed by atoms with van der Waals surface area (Å²) in [6.45, 7) is 1.77. The molecule has 0 spiro atoms. The quantitative estimate of drug-likeness (QED) is 0.637. The number of aryl methyl sites for hydroxylation is 1. The highest BCUT2D eigenvalue weighted by molar-refractivity contribution is 7.99. The molecule has 0 aliphatic carbocycles. The van der Waals surface area contributed by atoms with Gasteiger partial charge in [-0.3, -0.25) is 14.9 Å². The van der Waals surface area contributed by atoms with Crippen molar-refractivity contribution in [3.05, 3.63) is 46.3 Å². The summed E-state index contributed by atoms with van der Waals surface area (Å²) in [4.78, 5) is 24.3. The van der Waals surface area contributed by atoms with E-state index in [1.54, 1.807) is 37.3 Å². The predicted octanol–water partition coefficient (Wildman–Crippen LogP) is 2.82. The van der Waals surface area contributed by atoms with Gasteiger partial charge in [-0.25, -0.2) is 0 Å². The summed E-state index contributed by atoms with van der Waals surface area (Å²) in [5, 5.41) is 19.3. The first-order valence-electron chi connectivity index (χ1n) is 7.15. The van der Waals surface area contributed by atoms with E-state index in [2.05, 4.69) is 26.0 Å². The van der Waals surface area contributed by atoms with E-state index in [1.807, 2.05) is 5.38 Å². The SMILES string of the molecule is Cc1cc(NC(=O)CSc2ccc(NC(=O)c3cccs3)nn2)on1. The fraction of sp³-hybridized carbons (Fsp3) is 0.133. The van der Waals surface area contributed by atoms with Crippen LogP contribution < -0.4 is 10.6 Å². The molecule has 0 atom stereocenters. The van der Waals surface area contributed by atoms with E-state index < -0.39 is 0 Å². The van der Waals surface area contributed by atoms with Crippen LogP contribution in [0.15, 0.2) is 45.3 Å². The van der Waals surface area contributed by atoms with Crippen LogP contribution in [-0.2, 0) is 4.79 Å². The summed E-state index contributed by atoms with van der Waals surface area (Å²) in [7, 11) is 0. The first-order valence-corrected chi connectivity index (χ1v) is 9.01. The van der Waals surface area contributed by atoms with E-state index in [-0.39, 0.29) is 17.6 Å². The van der Waals surface area contributed by atoms with Gasteiger partial charge in [0.05, 0.1) is 16.3 Å². The zero-order valence-corrected chi connectivity index (χ0v) is 14.7. The Morgan fingerprint density at radius 1 is 1.24 bits per heavy atom. The monoisotopic (exact) mass is 375 g/mol. The number of carbonyl (C=O) groups is 2. The van der Waals surface area contributed by atoms with Gasteiger partial charge in [0, 0.05) is 6.07 Å². The zero-order valence-electron chi connectivity index (χ0n) is 13.1. The number of aromatic nitrogens is 3. The Morgan fingerprint density at radius 3 is 2.76 bits per heavy atom. The Kier molecular flexibility index (Phi) is 5.41. The standard InChI is InChI=1S/C15H13N5O3S2/c1-9-7-13(23-20-9)17-12(21)8-25-14-5-4-11(18-19-14)16-15(22)10-3-2-6-24-10/h2-7H,8H2,1H3,(H,17,21)(H,16,18,22). The molecule has 0 fully saturated rings. The molecule has 2 N–H and O–H groups in total. The molecule has 0 unspecified atom stereocenters. The number of rotatable bonds is 6. The lowest BCUT2D eigenvalue weighted by Crippen LogP contribution is -2.14. The summed E-state index contributed by atoms with van der Waals surface area (Å²) in [6, 6.07) is 8.49. The van der Waals surface area contributed by atoms with Crippen molar-refractivity contribution in [3.8, 4) is 0 Å². The molecule has 128 valence electrons. The maximum absolute atomic E-state index is 11.9. The summed E-state index contributed by atoms with van der Waals surface area (Å²) >= 11 is 2.57. The number of nitrogens with zero attached hydrogens (tertiary/aromatic N) is 3. The van der Waals surface area contributed by atoms with E-state index in [1.165, 1.54) is 23.1 Å². The molecule has 2 amide bonds. The van der Waals surface area contributed by atoms with Gasteiger partial charge in [0.25, 0.3) is 5.91 Å². The summed E-state index contributed by atoms with van der Waals surface area (Å²) in [5.41, 5.74) is 0.689. The Balaban J connectivity index is 1.49. The third-order valence-electron chi connectivity index (χ3n) is 2.87. The van der Waals surface area contributed by atoms with Gasteiger partial charge in [0.2, 0.25) is 11.8 Å². The molecule has 0 bridgehead atoms. The molecule has 8 nitrogen and oxygen atoms in total. The second kappa shape index (κ2) is 7.90. The molecule has 25 heavy (non-hydrogen) atoms. The Bertz CT molecular complexity index is 862. The van der Waals surface area contributed by atoms with Gasteiger partial charge in [-0.2, -0.15) is 0 Å². The average molecular weight is 375 g/mol. The average Bonchev–Trinajstić information content (AvgIpc) is 3.26. The first kappa shape index (κ1) is 17.1. The van der Waals surface area contributed by atoms with Crippen molar-refractivity contribution in [3.63, 3.8) is 0 Å². The second-order valence-corrected chi connectivity index (χ2v) is 6.80. The molecule has 0 aromatic carbocycles. The van der Waals surface area contributed by atoms with E-state index in [0.29, 0.717) is 27.3 Å². The Labute approximate surface area is 151 Å². The van der Waals surface area contributed by atoms with Crippen molar-refractivity contribution in [2.45, 2.75) is 11.9 Å². The largest absolute Gasteiger partial charge is 0.338 e. The van der Waals surface area contributed by atoms with Gasteiger partial charge < -0.3 is 9.84 Å². The maximum Gasteiger partial charge on any atom is 0.266 e. The summed E-state index contributed by atoms with van der Waals surface area (Å²) < 4.78 is 4.91. The molecule has 0 aliphatic rings. The van der Waals surface area contributed by atoms with Gasteiger partial charge in [-0.15, -0.1) is 21.5 Å². The van der Waals surface area contributed by atoms with E-state index in [4.69, 9.17) is 4.52 Å². The molecular formula is C15H13N5O3S2. The molecule has 0 aliphatic heterocycles. The van der Waals surface area contributed by atoms with Crippen LogP contribution in [0.3, 0.4) is 0 Å². The van der Waals surface area contributed by atoms with Crippen LogP contribution >= 0.6 is 23.1 Å². The molecule has 3 heterocycles. The molecule has 3 rings (SSSR count). The maximum atomic E-state index is 11.9. The normalized spacial score (nSPS) is 10.4. The highest BCUT2D eigenvalue weighted by Crippen LogP contribution is 2.17. The summed E-state index contributed by atoms with van der Waals surface area (Å²) in [6.07, 6.45) is 0. The molecule has 0 saturated carbocycles. The third kappa shape index (κ3) is 4.88. The smallest absolute Gasteiger partial charge is 0.266 e. The number of hydrogen-bond acceptors (Lipinski definition) is 8. The second-order valence-electron chi connectivity index (χ2n) is 4.86. The highest BCUT2D eigenvalue weighted by atomic mass is 32.2. The van der Waals surface area contributed by atoms with E-state index >= 15 is 0 Å². The fourth-order valence-corrected chi connectivity index (χ4v) is 3.02. The molecule has 0 saturated heterocycles. The molecule has 10 heteroatoms. The van der Waals surface area contributed by atoms with Gasteiger partial charge >= 0.3 is 0 Å². The first-order chi connectivity index (χ1) is 12.1. The molecule has 0 radical (unpaired) electrons. The molecule has 3 aromatic heterocycles. The van der Waals surface area contributed by atoms with Crippen molar-refractivity contribution in [1.29, 1.82) is 0 Å². The van der Waals surface area contributed by atoms with Crippen LogP contribution in [0, 0.1) is 6.92 Å². The fourth-order valence-electron chi connectivity index (χ4n) is 1.78. The number of thiophene rings is 1. The Morgan fingerprint density at radius 2 is 2.12 bits per heavy atom. The minimum Gasteiger partial charge on any atom is -0.338 e. The lowest BCUT2D eigenvalue weighted by Gasteiger charge is -2.03. The zero-order chi connectivity index (χ0) is 17.6. The van der Waals surface area contributed by atoms with Crippen LogP contribution in [0.2, 0.25) is 0 Å². The molecular weight excluding hydrogens is 362 g/mol. The van der Waals surface area contributed by atoms with Crippen LogP contribution in [0.4, 0.5) is 11.7 Å².